The summed E-state index contributed by atoms with van der Waals surface area (Å²) < 4.78 is 0.864. The highest BCUT2D eigenvalue weighted by Gasteiger charge is 2.44. The highest BCUT2D eigenvalue weighted by Crippen LogP contribution is 2.31. The Labute approximate surface area is 119 Å². The summed E-state index contributed by atoms with van der Waals surface area (Å²) in [6, 6.07) is 1.71. The van der Waals surface area contributed by atoms with Crippen molar-refractivity contribution in [1.29, 1.82) is 0 Å². The molecule has 0 aliphatic heterocycles. The van der Waals surface area contributed by atoms with Gasteiger partial charge >= 0.3 is 5.97 Å². The normalized spacial score (nSPS) is 12.3. The Morgan fingerprint density at radius 3 is 2.28 bits per heavy atom. The van der Waals surface area contributed by atoms with E-state index in [4.69, 9.17) is 0 Å². The summed E-state index contributed by atoms with van der Waals surface area (Å²) in [6.07, 6.45) is 0. The molecule has 2 N–H and O–H groups in total. The Morgan fingerprint density at radius 2 is 1.89 bits per heavy atom. The van der Waals surface area contributed by atoms with Gasteiger partial charge in [-0.05, 0) is 49.7 Å². The molecular formula is C12H16BrNO3S. The number of hydrogen-bond acceptors (Lipinski definition) is 3. The number of thiophene rings is 1. The molecule has 0 radical (unpaired) electrons. The van der Waals surface area contributed by atoms with Crippen LogP contribution in [0.4, 0.5) is 0 Å². The molecule has 4 nitrogen and oxygen atoms in total. The Hall–Kier alpha value is -0.880. The van der Waals surface area contributed by atoms with Gasteiger partial charge in [-0.15, -0.1) is 11.3 Å². The van der Waals surface area contributed by atoms with Gasteiger partial charge in [-0.25, -0.2) is 0 Å². The molecule has 18 heavy (non-hydrogen) atoms. The fraction of sp³-hybridized carbons (Fsp3) is 0.500. The number of halogens is 1. The summed E-state index contributed by atoms with van der Waals surface area (Å²) in [6.45, 7) is 6.61. The smallest absolute Gasteiger partial charge is 0.311 e. The van der Waals surface area contributed by atoms with Crippen LogP contribution in [0.3, 0.4) is 0 Å². The molecular weight excluding hydrogens is 318 g/mol. The SMILES string of the molecule is CC(C)(NC(=O)c1csc(Br)c1)C(C)(C)C(=O)O. The topological polar surface area (TPSA) is 66.4 Å². The molecule has 1 heterocycles. The molecule has 100 valence electrons. The zero-order valence-electron chi connectivity index (χ0n) is 10.7. The minimum atomic E-state index is -1.06. The lowest BCUT2D eigenvalue weighted by Crippen LogP contribution is -2.56. The van der Waals surface area contributed by atoms with Crippen LogP contribution >= 0.6 is 27.3 Å². The van der Waals surface area contributed by atoms with E-state index in [0.717, 1.165) is 3.79 Å². The molecule has 0 bridgehead atoms. The maximum Gasteiger partial charge on any atom is 0.311 e. The van der Waals surface area contributed by atoms with Gasteiger partial charge in [0.1, 0.15) is 0 Å². The lowest BCUT2D eigenvalue weighted by Gasteiger charge is -2.38. The molecule has 1 aromatic heterocycles. The van der Waals surface area contributed by atoms with Gasteiger partial charge in [-0.3, -0.25) is 9.59 Å². The van der Waals surface area contributed by atoms with Crippen molar-refractivity contribution in [2.45, 2.75) is 33.2 Å². The van der Waals surface area contributed by atoms with E-state index in [1.54, 1.807) is 39.1 Å². The van der Waals surface area contributed by atoms with E-state index in [2.05, 4.69) is 21.2 Å². The Bertz CT molecular complexity index is 479. The molecule has 0 atom stereocenters. The van der Waals surface area contributed by atoms with E-state index in [9.17, 15) is 14.7 Å². The highest BCUT2D eigenvalue weighted by atomic mass is 79.9. The number of carboxylic acids is 1. The number of carboxylic acid groups (broad SMARTS) is 1. The van der Waals surface area contributed by atoms with Gasteiger partial charge in [0.2, 0.25) is 0 Å². The summed E-state index contributed by atoms with van der Waals surface area (Å²) in [5, 5.41) is 13.7. The van der Waals surface area contributed by atoms with Crippen LogP contribution in [0.1, 0.15) is 38.1 Å². The van der Waals surface area contributed by atoms with E-state index in [-0.39, 0.29) is 5.91 Å². The second-order valence-electron chi connectivity index (χ2n) is 5.15. The lowest BCUT2D eigenvalue weighted by atomic mass is 9.74. The highest BCUT2D eigenvalue weighted by molar-refractivity contribution is 9.11. The predicted molar refractivity (Wildman–Crippen MR) is 75.0 cm³/mol. The van der Waals surface area contributed by atoms with Crippen LogP contribution in [0.2, 0.25) is 0 Å². The first-order valence-electron chi connectivity index (χ1n) is 5.38. The minimum Gasteiger partial charge on any atom is -0.481 e. The summed E-state index contributed by atoms with van der Waals surface area (Å²) in [7, 11) is 0. The summed E-state index contributed by atoms with van der Waals surface area (Å²) >= 11 is 4.70. The van der Waals surface area contributed by atoms with Gasteiger partial charge in [-0.2, -0.15) is 0 Å². The van der Waals surface area contributed by atoms with Crippen LogP contribution < -0.4 is 5.32 Å². The Balaban J connectivity index is 2.90. The van der Waals surface area contributed by atoms with Gasteiger partial charge in [0, 0.05) is 5.38 Å². The van der Waals surface area contributed by atoms with E-state index in [1.807, 2.05) is 0 Å². The van der Waals surface area contributed by atoms with Crippen LogP contribution in [-0.2, 0) is 4.79 Å². The Kier molecular flexibility index (Phi) is 4.23. The monoisotopic (exact) mass is 333 g/mol. The summed E-state index contributed by atoms with van der Waals surface area (Å²) in [5.74, 6) is -1.21. The maximum atomic E-state index is 12.0. The minimum absolute atomic E-state index is 0.267. The molecule has 0 fully saturated rings. The molecule has 0 saturated heterocycles. The van der Waals surface area contributed by atoms with Crippen molar-refractivity contribution in [3.8, 4) is 0 Å². The van der Waals surface area contributed by atoms with E-state index >= 15 is 0 Å². The molecule has 0 aliphatic rings. The number of nitrogens with one attached hydrogen (secondary N) is 1. The first kappa shape index (κ1) is 15.2. The van der Waals surface area contributed by atoms with E-state index < -0.39 is 16.9 Å². The molecule has 0 aliphatic carbocycles. The van der Waals surface area contributed by atoms with Crippen molar-refractivity contribution >= 4 is 39.1 Å². The molecule has 0 saturated carbocycles. The third-order valence-electron chi connectivity index (χ3n) is 3.35. The molecule has 1 amide bonds. The number of aliphatic carboxylic acids is 1. The fourth-order valence-electron chi connectivity index (χ4n) is 1.21. The fourth-order valence-corrected chi connectivity index (χ4v) is 2.35. The number of amides is 1. The molecule has 0 aromatic carbocycles. The Morgan fingerprint density at radius 1 is 1.33 bits per heavy atom. The van der Waals surface area contributed by atoms with Gasteiger partial charge in [0.05, 0.1) is 20.3 Å². The van der Waals surface area contributed by atoms with Gasteiger partial charge in [0.15, 0.2) is 0 Å². The second kappa shape index (κ2) is 5.01. The molecule has 0 unspecified atom stereocenters. The molecule has 6 heteroatoms. The molecule has 1 aromatic rings. The standard InChI is InChI=1S/C12H16BrNO3S/c1-11(2,10(16)17)12(3,4)14-9(15)7-5-8(13)18-6-7/h5-6H,1-4H3,(H,14,15)(H,16,17). The first-order valence-corrected chi connectivity index (χ1v) is 7.05. The van der Waals surface area contributed by atoms with Crippen molar-refractivity contribution < 1.29 is 14.7 Å². The van der Waals surface area contributed by atoms with Crippen LogP contribution in [0.25, 0.3) is 0 Å². The van der Waals surface area contributed by atoms with Gasteiger partial charge in [0.25, 0.3) is 5.91 Å². The number of carbonyl (C=O) groups is 2. The number of rotatable bonds is 4. The summed E-state index contributed by atoms with van der Waals surface area (Å²) in [5.41, 5.74) is -1.39. The molecule has 0 spiro atoms. The van der Waals surface area contributed by atoms with Gasteiger partial charge < -0.3 is 10.4 Å². The van der Waals surface area contributed by atoms with Crippen LogP contribution in [-0.4, -0.2) is 22.5 Å². The lowest BCUT2D eigenvalue weighted by molar-refractivity contribution is -0.150. The molecule has 1 rings (SSSR count). The quantitative estimate of drug-likeness (QED) is 0.889. The van der Waals surface area contributed by atoms with Crippen molar-refractivity contribution in [1.82, 2.24) is 5.32 Å². The van der Waals surface area contributed by atoms with Crippen LogP contribution in [0, 0.1) is 5.41 Å². The van der Waals surface area contributed by atoms with Crippen LogP contribution in [0.15, 0.2) is 15.2 Å². The number of hydrogen-bond donors (Lipinski definition) is 2. The van der Waals surface area contributed by atoms with Crippen LogP contribution in [0.5, 0.6) is 0 Å². The van der Waals surface area contributed by atoms with Crippen molar-refractivity contribution in [3.05, 3.63) is 20.8 Å². The zero-order valence-corrected chi connectivity index (χ0v) is 13.1. The summed E-state index contributed by atoms with van der Waals surface area (Å²) in [4.78, 5) is 23.3. The predicted octanol–water partition coefficient (Wildman–Crippen LogP) is 3.13. The van der Waals surface area contributed by atoms with Gasteiger partial charge in [-0.1, -0.05) is 0 Å². The third kappa shape index (κ3) is 2.92. The number of carbonyl (C=O) groups excluding carboxylic acids is 1. The first-order chi connectivity index (χ1) is 8.08. The van der Waals surface area contributed by atoms with Crippen molar-refractivity contribution in [2.75, 3.05) is 0 Å². The second-order valence-corrected chi connectivity index (χ2v) is 7.44. The largest absolute Gasteiger partial charge is 0.481 e. The van der Waals surface area contributed by atoms with E-state index in [1.165, 1.54) is 11.3 Å². The van der Waals surface area contributed by atoms with E-state index in [0.29, 0.717) is 5.56 Å². The van der Waals surface area contributed by atoms with Crippen molar-refractivity contribution in [3.63, 3.8) is 0 Å². The van der Waals surface area contributed by atoms with Crippen molar-refractivity contribution in [2.24, 2.45) is 5.41 Å². The third-order valence-corrected chi connectivity index (χ3v) is 4.86. The maximum absolute atomic E-state index is 12.0. The average Bonchev–Trinajstić information content (AvgIpc) is 2.63. The average molecular weight is 334 g/mol. The zero-order chi connectivity index (χ0) is 14.1.